The van der Waals surface area contributed by atoms with Gasteiger partial charge in [0.2, 0.25) is 5.76 Å². The summed E-state index contributed by atoms with van der Waals surface area (Å²) in [6.07, 6.45) is 0. The first-order valence-corrected chi connectivity index (χ1v) is 6.28. The van der Waals surface area contributed by atoms with Crippen molar-refractivity contribution < 1.29 is 23.3 Å². The highest BCUT2D eigenvalue weighted by Crippen LogP contribution is 2.18. The minimum absolute atomic E-state index is 0.159. The minimum Gasteiger partial charge on any atom is -0.465 e. The molecule has 0 saturated carbocycles. The fourth-order valence-corrected chi connectivity index (χ4v) is 1.89. The molecule has 0 aromatic carbocycles. The molecule has 0 bridgehead atoms. The first kappa shape index (κ1) is 14.8. The van der Waals surface area contributed by atoms with Crippen molar-refractivity contribution in [3.05, 3.63) is 40.7 Å². The Balaban J connectivity index is 2.11. The number of aromatic nitrogens is 1. The van der Waals surface area contributed by atoms with Gasteiger partial charge in [-0.15, -0.1) is 0 Å². The van der Waals surface area contributed by atoms with Crippen LogP contribution in [0.5, 0.6) is 0 Å². The molecule has 7 heteroatoms. The van der Waals surface area contributed by atoms with E-state index in [-0.39, 0.29) is 18.2 Å². The van der Waals surface area contributed by atoms with Gasteiger partial charge in [0.25, 0.3) is 5.91 Å². The van der Waals surface area contributed by atoms with Crippen LogP contribution in [0.25, 0.3) is 0 Å². The van der Waals surface area contributed by atoms with E-state index in [4.69, 9.17) is 8.94 Å². The van der Waals surface area contributed by atoms with Crippen molar-refractivity contribution in [2.24, 2.45) is 0 Å². The van der Waals surface area contributed by atoms with Crippen molar-refractivity contribution in [2.45, 2.75) is 20.4 Å². The summed E-state index contributed by atoms with van der Waals surface area (Å²) < 4.78 is 15.0. The lowest BCUT2D eigenvalue weighted by atomic mass is 10.2. The van der Waals surface area contributed by atoms with Gasteiger partial charge in [0.05, 0.1) is 19.3 Å². The van der Waals surface area contributed by atoms with Crippen LogP contribution in [-0.2, 0) is 11.3 Å². The van der Waals surface area contributed by atoms with Gasteiger partial charge in [-0.2, -0.15) is 0 Å². The van der Waals surface area contributed by atoms with Crippen LogP contribution in [0.1, 0.15) is 38.1 Å². The third-order valence-corrected chi connectivity index (χ3v) is 2.95. The number of furan rings is 1. The molecule has 7 nitrogen and oxygen atoms in total. The molecule has 2 heterocycles. The molecular formula is C14H16N2O5. The van der Waals surface area contributed by atoms with Crippen LogP contribution in [0.2, 0.25) is 0 Å². The molecule has 0 aliphatic carbocycles. The summed E-state index contributed by atoms with van der Waals surface area (Å²) in [5, 5.41) is 3.67. The predicted molar refractivity (Wildman–Crippen MR) is 71.8 cm³/mol. The Morgan fingerprint density at radius 2 is 2.05 bits per heavy atom. The van der Waals surface area contributed by atoms with Crippen molar-refractivity contribution in [3.8, 4) is 0 Å². The van der Waals surface area contributed by atoms with Crippen molar-refractivity contribution in [2.75, 3.05) is 14.2 Å². The van der Waals surface area contributed by atoms with E-state index in [0.717, 1.165) is 0 Å². The summed E-state index contributed by atoms with van der Waals surface area (Å²) in [5.41, 5.74) is 0.984. The molecular weight excluding hydrogens is 276 g/mol. The quantitative estimate of drug-likeness (QED) is 0.800. The zero-order valence-electron chi connectivity index (χ0n) is 12.3. The second kappa shape index (κ2) is 5.82. The molecule has 0 unspecified atom stereocenters. The van der Waals surface area contributed by atoms with Gasteiger partial charge in [-0.1, -0.05) is 5.16 Å². The Labute approximate surface area is 121 Å². The molecule has 0 aliphatic heterocycles. The number of carbonyl (C=O) groups is 2. The van der Waals surface area contributed by atoms with Crippen LogP contribution in [0.3, 0.4) is 0 Å². The monoisotopic (exact) mass is 292 g/mol. The van der Waals surface area contributed by atoms with E-state index in [2.05, 4.69) is 9.89 Å². The summed E-state index contributed by atoms with van der Waals surface area (Å²) >= 11 is 0. The molecule has 0 atom stereocenters. The second-order valence-electron chi connectivity index (χ2n) is 4.67. The summed E-state index contributed by atoms with van der Waals surface area (Å²) in [7, 11) is 2.91. The zero-order chi connectivity index (χ0) is 15.6. The molecule has 0 N–H and O–H groups in total. The van der Waals surface area contributed by atoms with E-state index in [1.165, 1.54) is 12.0 Å². The maximum Gasteiger partial charge on any atom is 0.341 e. The van der Waals surface area contributed by atoms with E-state index in [0.29, 0.717) is 22.8 Å². The average Bonchev–Trinajstić information content (AvgIpc) is 3.03. The van der Waals surface area contributed by atoms with E-state index < -0.39 is 5.97 Å². The van der Waals surface area contributed by atoms with Gasteiger partial charge in [-0.3, -0.25) is 4.79 Å². The first-order valence-electron chi connectivity index (χ1n) is 6.28. The fraction of sp³-hybridized carbons (Fsp3) is 0.357. The van der Waals surface area contributed by atoms with Gasteiger partial charge in [-0.05, 0) is 19.9 Å². The lowest BCUT2D eigenvalue weighted by Crippen LogP contribution is -2.25. The minimum atomic E-state index is -0.470. The van der Waals surface area contributed by atoms with Crippen LogP contribution in [0.15, 0.2) is 21.1 Å². The number of carbonyl (C=O) groups excluding carboxylic acids is 2. The Morgan fingerprint density at radius 1 is 1.33 bits per heavy atom. The maximum atomic E-state index is 12.1. The van der Waals surface area contributed by atoms with E-state index >= 15 is 0 Å². The summed E-state index contributed by atoms with van der Waals surface area (Å²) in [5.74, 6) is 0.311. The number of rotatable bonds is 4. The average molecular weight is 292 g/mol. The molecule has 0 fully saturated rings. The lowest BCUT2D eigenvalue weighted by Gasteiger charge is -2.13. The van der Waals surface area contributed by atoms with Gasteiger partial charge in [0, 0.05) is 13.1 Å². The molecule has 1 amide bonds. The topological polar surface area (TPSA) is 85.8 Å². The lowest BCUT2D eigenvalue weighted by molar-refractivity contribution is 0.0598. The number of hydrogen-bond donors (Lipinski definition) is 0. The standard InChI is InChI=1S/C14H16N2O5/c1-8-5-12(21-15-8)13(17)16(3)7-10-6-11(9(2)20-10)14(18)19-4/h5-6H,7H2,1-4H3. The number of nitrogens with zero attached hydrogens (tertiary/aromatic N) is 2. The number of ether oxygens (including phenoxy) is 1. The van der Waals surface area contributed by atoms with Crippen molar-refractivity contribution in [1.82, 2.24) is 10.1 Å². The summed E-state index contributed by atoms with van der Waals surface area (Å²) in [6, 6.07) is 3.13. The Kier molecular flexibility index (Phi) is 4.11. The number of amides is 1. The van der Waals surface area contributed by atoms with Crippen LogP contribution in [0, 0.1) is 13.8 Å². The predicted octanol–water partition coefficient (Wildman–Crippen LogP) is 1.94. The Morgan fingerprint density at radius 3 is 2.62 bits per heavy atom. The largest absolute Gasteiger partial charge is 0.465 e. The van der Waals surface area contributed by atoms with Crippen LogP contribution >= 0.6 is 0 Å². The summed E-state index contributed by atoms with van der Waals surface area (Å²) in [4.78, 5) is 25.0. The van der Waals surface area contributed by atoms with Crippen molar-refractivity contribution in [3.63, 3.8) is 0 Å². The highest BCUT2D eigenvalue weighted by molar-refractivity contribution is 5.91. The van der Waals surface area contributed by atoms with Gasteiger partial charge < -0.3 is 18.6 Å². The molecule has 112 valence electrons. The van der Waals surface area contributed by atoms with Gasteiger partial charge in [-0.25, -0.2) is 4.79 Å². The molecule has 0 radical (unpaired) electrons. The highest BCUT2D eigenvalue weighted by Gasteiger charge is 2.20. The smallest absolute Gasteiger partial charge is 0.341 e. The first-order chi connectivity index (χ1) is 9.92. The Bertz CT molecular complexity index is 671. The second-order valence-corrected chi connectivity index (χ2v) is 4.67. The number of hydrogen-bond acceptors (Lipinski definition) is 6. The van der Waals surface area contributed by atoms with Crippen LogP contribution in [-0.4, -0.2) is 36.1 Å². The molecule has 2 aromatic heterocycles. The molecule has 0 spiro atoms. The van der Waals surface area contributed by atoms with Crippen molar-refractivity contribution >= 4 is 11.9 Å². The number of methoxy groups -OCH3 is 1. The zero-order valence-corrected chi connectivity index (χ0v) is 12.3. The van der Waals surface area contributed by atoms with Gasteiger partial charge in [0.1, 0.15) is 17.1 Å². The summed E-state index contributed by atoms with van der Waals surface area (Å²) in [6.45, 7) is 3.60. The van der Waals surface area contributed by atoms with Crippen LogP contribution in [0.4, 0.5) is 0 Å². The number of aryl methyl sites for hydroxylation is 2. The molecule has 2 aromatic rings. The SMILES string of the molecule is COC(=O)c1cc(CN(C)C(=O)c2cc(C)no2)oc1C. The van der Waals surface area contributed by atoms with Gasteiger partial charge in [0.15, 0.2) is 0 Å². The molecule has 2 rings (SSSR count). The van der Waals surface area contributed by atoms with Gasteiger partial charge >= 0.3 is 5.97 Å². The van der Waals surface area contributed by atoms with E-state index in [1.54, 1.807) is 33.0 Å². The van der Waals surface area contributed by atoms with Crippen molar-refractivity contribution in [1.29, 1.82) is 0 Å². The normalized spacial score (nSPS) is 10.5. The highest BCUT2D eigenvalue weighted by atomic mass is 16.5. The third-order valence-electron chi connectivity index (χ3n) is 2.95. The van der Waals surface area contributed by atoms with E-state index in [9.17, 15) is 9.59 Å². The van der Waals surface area contributed by atoms with E-state index in [1.807, 2.05) is 0 Å². The molecule has 0 saturated heterocycles. The third kappa shape index (κ3) is 3.13. The molecule has 21 heavy (non-hydrogen) atoms. The van der Waals surface area contributed by atoms with Crippen LogP contribution < -0.4 is 0 Å². The Hall–Kier alpha value is -2.57. The fourth-order valence-electron chi connectivity index (χ4n) is 1.89. The maximum absolute atomic E-state index is 12.1. The number of esters is 1. The molecule has 0 aliphatic rings.